The molecule has 3 rings (SSSR count). The Balaban J connectivity index is 1.75. The number of benzene rings is 1. The third kappa shape index (κ3) is 2.82. The summed E-state index contributed by atoms with van der Waals surface area (Å²) in [5, 5.41) is 11.9. The van der Waals surface area contributed by atoms with Gasteiger partial charge in [-0.1, -0.05) is 11.8 Å². The lowest BCUT2D eigenvalue weighted by atomic mass is 10.1. The summed E-state index contributed by atoms with van der Waals surface area (Å²) in [6.45, 7) is 0. The third-order valence-electron chi connectivity index (χ3n) is 2.64. The number of hydrogen-bond donors (Lipinski definition) is 1. The monoisotopic (exact) mass is 305 g/mol. The van der Waals surface area contributed by atoms with E-state index in [1.807, 2.05) is 0 Å². The molecule has 1 aromatic carbocycles. The summed E-state index contributed by atoms with van der Waals surface area (Å²) in [7, 11) is 0. The molecule has 9 heteroatoms. The number of fused-ring (bicyclic) bond motifs is 1. The van der Waals surface area contributed by atoms with Crippen LogP contribution in [0.25, 0.3) is 5.78 Å². The van der Waals surface area contributed by atoms with Gasteiger partial charge in [0.15, 0.2) is 5.78 Å². The normalized spacial score (nSPS) is 10.9. The molecular weight excluding hydrogens is 297 g/mol. The average molecular weight is 305 g/mol. The Hall–Kier alpha value is -2.55. The van der Waals surface area contributed by atoms with Crippen LogP contribution < -0.4 is 5.56 Å². The number of nitrogens with zero attached hydrogens (tertiary/aromatic N) is 4. The highest BCUT2D eigenvalue weighted by Gasteiger charge is 2.12. The van der Waals surface area contributed by atoms with Crippen molar-refractivity contribution in [2.75, 3.05) is 5.75 Å². The molecule has 3 aromatic rings. The fourth-order valence-electron chi connectivity index (χ4n) is 1.64. The lowest BCUT2D eigenvalue weighted by Crippen LogP contribution is -2.10. The SMILES string of the molecule is O=C(CSc1nnc2[nH]c(=O)cnn12)c1ccc(F)cc1. The van der Waals surface area contributed by atoms with Crippen molar-refractivity contribution in [3.8, 4) is 0 Å². The van der Waals surface area contributed by atoms with Crippen molar-refractivity contribution < 1.29 is 9.18 Å². The zero-order valence-electron chi connectivity index (χ0n) is 10.5. The van der Waals surface area contributed by atoms with E-state index in [-0.39, 0.29) is 22.9 Å². The highest BCUT2D eigenvalue weighted by molar-refractivity contribution is 7.99. The van der Waals surface area contributed by atoms with Crippen LogP contribution >= 0.6 is 11.8 Å². The molecule has 0 unspecified atom stereocenters. The number of nitrogens with one attached hydrogen (secondary N) is 1. The van der Waals surface area contributed by atoms with Gasteiger partial charge in [0.25, 0.3) is 11.3 Å². The number of halogens is 1. The molecule has 106 valence electrons. The summed E-state index contributed by atoms with van der Waals surface area (Å²) < 4.78 is 14.1. The number of thioether (sulfide) groups is 1. The number of hydrogen-bond acceptors (Lipinski definition) is 6. The first kappa shape index (κ1) is 13.4. The number of aromatic amines is 1. The number of carbonyl (C=O) groups is 1. The molecule has 0 radical (unpaired) electrons. The van der Waals surface area contributed by atoms with Gasteiger partial charge in [0, 0.05) is 5.56 Å². The van der Waals surface area contributed by atoms with Gasteiger partial charge in [-0.25, -0.2) is 4.39 Å². The van der Waals surface area contributed by atoms with Crippen molar-refractivity contribution in [1.82, 2.24) is 24.8 Å². The summed E-state index contributed by atoms with van der Waals surface area (Å²) in [6.07, 6.45) is 1.10. The Bertz CT molecular complexity index is 858. The summed E-state index contributed by atoms with van der Waals surface area (Å²) >= 11 is 1.13. The molecule has 0 atom stereocenters. The van der Waals surface area contributed by atoms with E-state index in [0.29, 0.717) is 10.7 Å². The van der Waals surface area contributed by atoms with E-state index in [2.05, 4.69) is 20.3 Å². The molecule has 0 fully saturated rings. The Labute approximate surface area is 121 Å². The molecule has 0 aliphatic heterocycles. The smallest absolute Gasteiger partial charge is 0.271 e. The van der Waals surface area contributed by atoms with Gasteiger partial charge in [-0.05, 0) is 24.3 Å². The van der Waals surface area contributed by atoms with Crippen LogP contribution in [-0.4, -0.2) is 36.3 Å². The van der Waals surface area contributed by atoms with Crippen LogP contribution in [0.3, 0.4) is 0 Å². The van der Waals surface area contributed by atoms with Crippen LogP contribution in [0.15, 0.2) is 40.4 Å². The lowest BCUT2D eigenvalue weighted by Gasteiger charge is -2.00. The van der Waals surface area contributed by atoms with E-state index in [4.69, 9.17) is 0 Å². The lowest BCUT2D eigenvalue weighted by molar-refractivity contribution is 0.102. The molecule has 21 heavy (non-hydrogen) atoms. The molecule has 2 aromatic heterocycles. The molecule has 1 N–H and O–H groups in total. The first-order valence-corrected chi connectivity index (χ1v) is 6.84. The minimum Gasteiger partial charge on any atom is -0.293 e. The molecular formula is C12H8FN5O2S. The van der Waals surface area contributed by atoms with Crippen molar-refractivity contribution in [2.45, 2.75) is 5.16 Å². The summed E-state index contributed by atoms with van der Waals surface area (Å²) in [5.41, 5.74) is 0.0351. The molecule has 0 saturated heterocycles. The quantitative estimate of drug-likeness (QED) is 0.569. The molecule has 0 aliphatic carbocycles. The van der Waals surface area contributed by atoms with Crippen molar-refractivity contribution in [3.05, 3.63) is 52.2 Å². The predicted octanol–water partition coefficient (Wildman–Crippen LogP) is 0.927. The van der Waals surface area contributed by atoms with Crippen molar-refractivity contribution in [2.24, 2.45) is 0 Å². The Morgan fingerprint density at radius 3 is 2.81 bits per heavy atom. The van der Waals surface area contributed by atoms with Gasteiger partial charge in [0.05, 0.1) is 5.75 Å². The van der Waals surface area contributed by atoms with Crippen molar-refractivity contribution in [1.29, 1.82) is 0 Å². The zero-order valence-corrected chi connectivity index (χ0v) is 11.3. The fraction of sp³-hybridized carbons (Fsp3) is 0.0833. The maximum absolute atomic E-state index is 12.8. The molecule has 0 spiro atoms. The second-order valence-electron chi connectivity index (χ2n) is 4.07. The maximum atomic E-state index is 12.8. The van der Waals surface area contributed by atoms with E-state index in [1.54, 1.807) is 0 Å². The fourth-order valence-corrected chi connectivity index (χ4v) is 2.42. The van der Waals surface area contributed by atoms with Gasteiger partial charge < -0.3 is 0 Å². The minimum absolute atomic E-state index is 0.104. The summed E-state index contributed by atoms with van der Waals surface area (Å²) in [5.74, 6) is -0.246. The first-order chi connectivity index (χ1) is 10.1. The topological polar surface area (TPSA) is 93.0 Å². The minimum atomic E-state index is -0.393. The van der Waals surface area contributed by atoms with E-state index >= 15 is 0 Å². The van der Waals surface area contributed by atoms with Gasteiger partial charge in [-0.2, -0.15) is 9.61 Å². The molecule has 0 aliphatic rings. The van der Waals surface area contributed by atoms with Crippen LogP contribution in [0.1, 0.15) is 10.4 Å². The van der Waals surface area contributed by atoms with E-state index in [0.717, 1.165) is 18.0 Å². The molecule has 0 bridgehead atoms. The van der Waals surface area contributed by atoms with Crippen LogP contribution in [-0.2, 0) is 0 Å². The summed E-state index contributed by atoms with van der Waals surface area (Å²) in [6, 6.07) is 5.32. The first-order valence-electron chi connectivity index (χ1n) is 5.86. The predicted molar refractivity (Wildman–Crippen MR) is 72.9 cm³/mol. The summed E-state index contributed by atoms with van der Waals surface area (Å²) in [4.78, 5) is 25.5. The van der Waals surface area contributed by atoms with Crippen LogP contribution in [0.4, 0.5) is 4.39 Å². The molecule has 0 amide bonds. The van der Waals surface area contributed by atoms with E-state index in [9.17, 15) is 14.0 Å². The Morgan fingerprint density at radius 1 is 1.29 bits per heavy atom. The molecule has 0 saturated carbocycles. The number of Topliss-reactive ketones (excluding diaryl/α,β-unsaturated/α-hetero) is 1. The second kappa shape index (κ2) is 5.44. The second-order valence-corrected chi connectivity index (χ2v) is 5.01. The average Bonchev–Trinajstić information content (AvgIpc) is 2.87. The number of H-pyrrole nitrogens is 1. The molecule has 7 nitrogen and oxygen atoms in total. The molecule has 2 heterocycles. The van der Waals surface area contributed by atoms with E-state index < -0.39 is 5.82 Å². The number of rotatable bonds is 4. The van der Waals surface area contributed by atoms with Crippen LogP contribution in [0.5, 0.6) is 0 Å². The number of ketones is 1. The third-order valence-corrected chi connectivity index (χ3v) is 3.56. The standard InChI is InChI=1S/C12H8FN5O2S/c13-8-3-1-7(2-4-8)9(19)6-21-12-17-16-11-15-10(20)5-14-18(11)12/h1-5H,6H2,(H,15,16,20). The van der Waals surface area contributed by atoms with Crippen molar-refractivity contribution in [3.63, 3.8) is 0 Å². The van der Waals surface area contributed by atoms with Gasteiger partial charge in [0.1, 0.15) is 12.0 Å². The van der Waals surface area contributed by atoms with Gasteiger partial charge in [0.2, 0.25) is 5.16 Å². The Kier molecular flexibility index (Phi) is 3.48. The maximum Gasteiger partial charge on any atom is 0.271 e. The van der Waals surface area contributed by atoms with Crippen LogP contribution in [0, 0.1) is 5.82 Å². The Morgan fingerprint density at radius 2 is 2.05 bits per heavy atom. The number of aromatic nitrogens is 5. The van der Waals surface area contributed by atoms with Crippen LogP contribution in [0.2, 0.25) is 0 Å². The van der Waals surface area contributed by atoms with E-state index in [1.165, 1.54) is 28.8 Å². The van der Waals surface area contributed by atoms with Gasteiger partial charge >= 0.3 is 0 Å². The van der Waals surface area contributed by atoms with Gasteiger partial charge in [-0.3, -0.25) is 14.6 Å². The highest BCUT2D eigenvalue weighted by atomic mass is 32.2. The van der Waals surface area contributed by atoms with Gasteiger partial charge in [-0.15, -0.1) is 10.2 Å². The zero-order chi connectivity index (χ0) is 14.8. The number of carbonyl (C=O) groups excluding carboxylic acids is 1. The van der Waals surface area contributed by atoms with Crippen molar-refractivity contribution >= 4 is 23.3 Å². The highest BCUT2D eigenvalue weighted by Crippen LogP contribution is 2.16. The largest absolute Gasteiger partial charge is 0.293 e.